The normalized spacial score (nSPS) is 14.9. The van der Waals surface area contributed by atoms with E-state index in [2.05, 4.69) is 5.32 Å². The number of hydrogen-bond donors (Lipinski definition) is 1. The van der Waals surface area contributed by atoms with Crippen molar-refractivity contribution in [1.29, 1.82) is 0 Å². The van der Waals surface area contributed by atoms with Crippen LogP contribution in [-0.2, 0) is 9.59 Å². The predicted molar refractivity (Wildman–Crippen MR) is 124 cm³/mol. The van der Waals surface area contributed by atoms with Crippen LogP contribution in [0.15, 0.2) is 47.4 Å². The molecular formula is C22H22N2O4S2. The summed E-state index contributed by atoms with van der Waals surface area (Å²) < 4.78 is 11.0. The Hall–Kier alpha value is -2.84. The highest BCUT2D eigenvalue weighted by molar-refractivity contribution is 8.26. The monoisotopic (exact) mass is 442 g/mol. The Kier molecular flexibility index (Phi) is 7.12. The Morgan fingerprint density at radius 3 is 2.60 bits per heavy atom. The number of thioether (sulfide) groups is 1. The molecule has 2 aromatic carbocycles. The van der Waals surface area contributed by atoms with Gasteiger partial charge < -0.3 is 14.8 Å². The Morgan fingerprint density at radius 1 is 1.17 bits per heavy atom. The number of nitrogens with zero attached hydrogens (tertiary/aromatic N) is 1. The molecule has 0 aliphatic carbocycles. The summed E-state index contributed by atoms with van der Waals surface area (Å²) in [5, 5.41) is 2.87. The Balaban J connectivity index is 1.65. The van der Waals surface area contributed by atoms with Crippen molar-refractivity contribution in [3.8, 4) is 11.5 Å². The number of ether oxygens (including phenoxy) is 2. The molecule has 0 atom stereocenters. The van der Waals surface area contributed by atoms with Gasteiger partial charge in [-0.25, -0.2) is 0 Å². The summed E-state index contributed by atoms with van der Waals surface area (Å²) in [5.41, 5.74) is 2.54. The number of benzene rings is 2. The molecule has 2 amide bonds. The first-order valence-corrected chi connectivity index (χ1v) is 10.5. The SMILES string of the molecule is COc1ccc(/C=C2\SC(=S)N(CCC(=O)Nc3ccccc3C)C2=O)cc1OC. The minimum Gasteiger partial charge on any atom is -0.493 e. The van der Waals surface area contributed by atoms with Crippen molar-refractivity contribution < 1.29 is 19.1 Å². The van der Waals surface area contributed by atoms with Crippen molar-refractivity contribution in [3.63, 3.8) is 0 Å². The number of methoxy groups -OCH3 is 2. The maximum atomic E-state index is 12.8. The van der Waals surface area contributed by atoms with Crippen LogP contribution in [0.25, 0.3) is 6.08 Å². The third-order valence-corrected chi connectivity index (χ3v) is 5.94. The van der Waals surface area contributed by atoms with Crippen molar-refractivity contribution in [2.24, 2.45) is 0 Å². The lowest BCUT2D eigenvalue weighted by Gasteiger charge is -2.14. The Labute approximate surface area is 185 Å². The van der Waals surface area contributed by atoms with Gasteiger partial charge in [-0.15, -0.1) is 0 Å². The summed E-state index contributed by atoms with van der Waals surface area (Å²) in [6, 6.07) is 13.0. The third-order valence-electron chi connectivity index (χ3n) is 4.56. The minimum absolute atomic E-state index is 0.157. The van der Waals surface area contributed by atoms with Gasteiger partial charge in [-0.3, -0.25) is 14.5 Å². The van der Waals surface area contributed by atoms with Crippen LogP contribution in [0.2, 0.25) is 0 Å². The van der Waals surface area contributed by atoms with Crippen LogP contribution in [0.1, 0.15) is 17.5 Å². The van der Waals surface area contributed by atoms with Crippen molar-refractivity contribution >= 4 is 51.9 Å². The van der Waals surface area contributed by atoms with Crippen LogP contribution < -0.4 is 14.8 Å². The van der Waals surface area contributed by atoms with E-state index in [0.29, 0.717) is 20.7 Å². The molecule has 6 nitrogen and oxygen atoms in total. The zero-order valence-corrected chi connectivity index (χ0v) is 18.6. The van der Waals surface area contributed by atoms with Gasteiger partial charge in [0, 0.05) is 18.7 Å². The number of amides is 2. The molecule has 1 aliphatic rings. The van der Waals surface area contributed by atoms with E-state index in [9.17, 15) is 9.59 Å². The van der Waals surface area contributed by atoms with E-state index < -0.39 is 0 Å². The molecular weight excluding hydrogens is 420 g/mol. The predicted octanol–water partition coefficient (Wildman–Crippen LogP) is 4.24. The van der Waals surface area contributed by atoms with Gasteiger partial charge in [0.25, 0.3) is 5.91 Å². The number of carbonyl (C=O) groups excluding carboxylic acids is 2. The highest BCUT2D eigenvalue weighted by Crippen LogP contribution is 2.34. The lowest BCUT2D eigenvalue weighted by molar-refractivity contribution is -0.122. The molecule has 30 heavy (non-hydrogen) atoms. The highest BCUT2D eigenvalue weighted by atomic mass is 32.2. The van der Waals surface area contributed by atoms with Crippen LogP contribution in [0.4, 0.5) is 5.69 Å². The average Bonchev–Trinajstić information content (AvgIpc) is 3.00. The van der Waals surface area contributed by atoms with E-state index in [1.54, 1.807) is 32.4 Å². The van der Waals surface area contributed by atoms with E-state index in [0.717, 1.165) is 16.8 Å². The zero-order valence-electron chi connectivity index (χ0n) is 16.9. The van der Waals surface area contributed by atoms with Crippen molar-refractivity contribution in [2.45, 2.75) is 13.3 Å². The van der Waals surface area contributed by atoms with E-state index >= 15 is 0 Å². The fourth-order valence-corrected chi connectivity index (χ4v) is 4.23. The number of hydrogen-bond acceptors (Lipinski definition) is 6. The number of anilines is 1. The van der Waals surface area contributed by atoms with Gasteiger partial charge in [-0.2, -0.15) is 0 Å². The van der Waals surface area contributed by atoms with E-state index in [4.69, 9.17) is 21.7 Å². The molecule has 0 bridgehead atoms. The van der Waals surface area contributed by atoms with E-state index in [1.165, 1.54) is 16.7 Å². The Bertz CT molecular complexity index is 1020. The highest BCUT2D eigenvalue weighted by Gasteiger charge is 2.32. The fraction of sp³-hybridized carbons (Fsp3) is 0.227. The molecule has 0 aromatic heterocycles. The summed E-state index contributed by atoms with van der Waals surface area (Å²) in [5.74, 6) is 0.821. The second-order valence-corrected chi connectivity index (χ2v) is 8.24. The summed E-state index contributed by atoms with van der Waals surface area (Å²) in [4.78, 5) is 27.1. The quantitative estimate of drug-likeness (QED) is 0.511. The molecule has 1 N–H and O–H groups in total. The van der Waals surface area contributed by atoms with E-state index in [1.807, 2.05) is 37.3 Å². The molecule has 1 heterocycles. The van der Waals surface area contributed by atoms with Gasteiger partial charge in [0.2, 0.25) is 5.91 Å². The molecule has 0 radical (unpaired) electrons. The molecule has 2 aromatic rings. The average molecular weight is 443 g/mol. The number of carbonyl (C=O) groups is 2. The van der Waals surface area contributed by atoms with Gasteiger partial charge in [-0.05, 0) is 42.3 Å². The van der Waals surface area contributed by atoms with E-state index in [-0.39, 0.29) is 24.8 Å². The van der Waals surface area contributed by atoms with Crippen molar-refractivity contribution in [3.05, 3.63) is 58.5 Å². The summed E-state index contributed by atoms with van der Waals surface area (Å²) in [7, 11) is 3.13. The molecule has 156 valence electrons. The van der Waals surface area contributed by atoms with Gasteiger partial charge >= 0.3 is 0 Å². The van der Waals surface area contributed by atoms with Gasteiger partial charge in [0.15, 0.2) is 11.5 Å². The second-order valence-electron chi connectivity index (χ2n) is 6.56. The van der Waals surface area contributed by atoms with Crippen molar-refractivity contribution in [2.75, 3.05) is 26.1 Å². The van der Waals surface area contributed by atoms with Crippen molar-refractivity contribution in [1.82, 2.24) is 4.90 Å². The molecule has 3 rings (SSSR count). The van der Waals surface area contributed by atoms with Gasteiger partial charge in [0.05, 0.1) is 19.1 Å². The minimum atomic E-state index is -0.205. The molecule has 0 saturated carbocycles. The third kappa shape index (κ3) is 5.01. The smallest absolute Gasteiger partial charge is 0.266 e. The van der Waals surface area contributed by atoms with Gasteiger partial charge in [0.1, 0.15) is 4.32 Å². The fourth-order valence-electron chi connectivity index (χ4n) is 2.93. The number of aryl methyl sites for hydroxylation is 1. The summed E-state index contributed by atoms with van der Waals surface area (Å²) >= 11 is 6.58. The Morgan fingerprint density at radius 2 is 1.90 bits per heavy atom. The molecule has 0 spiro atoms. The van der Waals surface area contributed by atoms with Crippen LogP contribution in [0, 0.1) is 6.92 Å². The van der Waals surface area contributed by atoms with Crippen LogP contribution in [0.5, 0.6) is 11.5 Å². The number of nitrogens with one attached hydrogen (secondary N) is 1. The lowest BCUT2D eigenvalue weighted by Crippen LogP contribution is -2.31. The first kappa shape index (κ1) is 21.9. The first-order chi connectivity index (χ1) is 14.4. The lowest BCUT2D eigenvalue weighted by atomic mass is 10.2. The first-order valence-electron chi connectivity index (χ1n) is 9.26. The topological polar surface area (TPSA) is 67.9 Å². The molecule has 0 unspecified atom stereocenters. The number of thiocarbonyl (C=S) groups is 1. The van der Waals surface area contributed by atoms with Crippen LogP contribution >= 0.6 is 24.0 Å². The van der Waals surface area contributed by atoms with Crippen LogP contribution in [0.3, 0.4) is 0 Å². The molecule has 8 heteroatoms. The van der Waals surface area contributed by atoms with Gasteiger partial charge in [-0.1, -0.05) is 48.2 Å². The number of para-hydroxylation sites is 1. The largest absolute Gasteiger partial charge is 0.493 e. The molecule has 1 saturated heterocycles. The maximum Gasteiger partial charge on any atom is 0.266 e. The zero-order chi connectivity index (χ0) is 21.7. The maximum absolute atomic E-state index is 12.8. The standard InChI is InChI=1S/C22H22N2O4S2/c1-14-6-4-5-7-16(14)23-20(25)10-11-24-21(26)19(30-22(24)29)13-15-8-9-17(27-2)18(12-15)28-3/h4-9,12-13H,10-11H2,1-3H3,(H,23,25)/b19-13-. The second kappa shape index (κ2) is 9.77. The molecule has 1 aliphatic heterocycles. The van der Waals surface area contributed by atoms with Crippen LogP contribution in [-0.4, -0.2) is 41.8 Å². The molecule has 1 fully saturated rings. The summed E-state index contributed by atoms with van der Waals surface area (Å²) in [6.45, 7) is 2.16. The number of rotatable bonds is 7. The summed E-state index contributed by atoms with van der Waals surface area (Å²) in [6.07, 6.45) is 1.92.